The number of nitrogens with one attached hydrogen (secondary N) is 2. The fourth-order valence-electron chi connectivity index (χ4n) is 4.79. The minimum atomic E-state index is -0.964. The predicted molar refractivity (Wildman–Crippen MR) is 134 cm³/mol. The summed E-state index contributed by atoms with van der Waals surface area (Å²) < 4.78 is 0. The summed E-state index contributed by atoms with van der Waals surface area (Å²) in [5, 5.41) is 17.8. The van der Waals surface area contributed by atoms with Crippen LogP contribution < -0.4 is 15.5 Å². The van der Waals surface area contributed by atoms with Gasteiger partial charge in [-0.25, -0.2) is 4.79 Å². The van der Waals surface area contributed by atoms with Crippen LogP contribution in [0.5, 0.6) is 0 Å². The van der Waals surface area contributed by atoms with Crippen LogP contribution in [0.3, 0.4) is 0 Å². The number of likely N-dealkylation sites (N-methyl/N-ethyl adjacent to an activating group) is 1. The van der Waals surface area contributed by atoms with Gasteiger partial charge >= 0.3 is 6.09 Å². The van der Waals surface area contributed by atoms with Crippen LogP contribution in [-0.2, 0) is 5.54 Å². The van der Waals surface area contributed by atoms with E-state index in [1.807, 2.05) is 13.1 Å². The summed E-state index contributed by atoms with van der Waals surface area (Å²) in [5.74, 6) is 0. The average Bonchev–Trinajstić information content (AvgIpc) is 3.16. The van der Waals surface area contributed by atoms with Crippen molar-refractivity contribution in [3.05, 3.63) is 94.2 Å². The number of anilines is 1. The largest absolute Gasteiger partial charge is 0.465 e. The Labute approximate surface area is 191 Å². The number of carboxylic acid groups (broad SMARTS) is 1. The van der Waals surface area contributed by atoms with Crippen LogP contribution in [0, 0.1) is 0 Å². The molecular weight excluding hydrogens is 418 g/mol. The van der Waals surface area contributed by atoms with Crippen LogP contribution in [-0.4, -0.2) is 29.9 Å². The summed E-state index contributed by atoms with van der Waals surface area (Å²) in [4.78, 5) is 14.9. The molecule has 32 heavy (non-hydrogen) atoms. The third-order valence-corrected chi connectivity index (χ3v) is 8.16. The molecule has 6 heteroatoms. The number of hydrogen-bond donors (Lipinski definition) is 3. The second-order valence-electron chi connectivity index (χ2n) is 8.39. The number of fused-ring (bicyclic) bond motifs is 1. The molecule has 3 N–H and O–H groups in total. The van der Waals surface area contributed by atoms with Gasteiger partial charge in [-0.1, -0.05) is 42.5 Å². The minimum Gasteiger partial charge on any atom is -0.465 e. The average molecular weight is 446 g/mol. The Balaban J connectivity index is 1.59. The van der Waals surface area contributed by atoms with Crippen molar-refractivity contribution in [3.63, 3.8) is 0 Å². The van der Waals surface area contributed by atoms with E-state index in [0.717, 1.165) is 47.5 Å². The number of benzene rings is 2. The molecule has 2 heterocycles. The summed E-state index contributed by atoms with van der Waals surface area (Å²) in [7, 11) is 2.04. The Hall–Kier alpha value is -3.25. The molecule has 0 radical (unpaired) electrons. The zero-order chi connectivity index (χ0) is 22.3. The molecule has 1 fully saturated rings. The van der Waals surface area contributed by atoms with E-state index in [4.69, 9.17) is 0 Å². The van der Waals surface area contributed by atoms with Gasteiger partial charge in [-0.2, -0.15) is 10.5 Å². The SMILES string of the molecule is CNC1=C(c2ccccc2)N(c2ccc(C3(NC(=O)O)CCC3)cc2)C=C2C1=CC=S2C. The second-order valence-corrected chi connectivity index (χ2v) is 10.2. The van der Waals surface area contributed by atoms with E-state index in [2.05, 4.69) is 88.0 Å². The van der Waals surface area contributed by atoms with Crippen molar-refractivity contribution in [3.8, 4) is 0 Å². The molecule has 3 aliphatic rings. The minimum absolute atomic E-state index is 0.0575. The van der Waals surface area contributed by atoms with E-state index >= 15 is 0 Å². The van der Waals surface area contributed by atoms with Crippen molar-refractivity contribution in [1.29, 1.82) is 0 Å². The van der Waals surface area contributed by atoms with E-state index in [-0.39, 0.29) is 10.5 Å². The van der Waals surface area contributed by atoms with Crippen LogP contribution >= 0.6 is 10.5 Å². The highest BCUT2D eigenvalue weighted by molar-refractivity contribution is 8.18. The van der Waals surface area contributed by atoms with Gasteiger partial charge in [0, 0.05) is 35.0 Å². The van der Waals surface area contributed by atoms with Gasteiger partial charge in [0.05, 0.1) is 16.9 Å². The fraction of sp³-hybridized carbons (Fsp3) is 0.231. The molecule has 2 aromatic rings. The topological polar surface area (TPSA) is 64.6 Å². The molecule has 1 aliphatic carbocycles. The highest BCUT2D eigenvalue weighted by Gasteiger charge is 2.40. The maximum atomic E-state index is 11.4. The lowest BCUT2D eigenvalue weighted by Gasteiger charge is -2.42. The van der Waals surface area contributed by atoms with Gasteiger partial charge in [0.15, 0.2) is 0 Å². The fourth-order valence-corrected chi connectivity index (χ4v) is 6.06. The Morgan fingerprint density at radius 3 is 2.41 bits per heavy atom. The predicted octanol–water partition coefficient (Wildman–Crippen LogP) is 5.22. The smallest absolute Gasteiger partial charge is 0.405 e. The van der Waals surface area contributed by atoms with Gasteiger partial charge in [-0.05, 0) is 54.7 Å². The van der Waals surface area contributed by atoms with E-state index in [0.29, 0.717) is 0 Å². The zero-order valence-corrected chi connectivity index (χ0v) is 19.1. The number of amides is 1. The first kappa shape index (κ1) is 20.6. The molecule has 0 bridgehead atoms. The van der Waals surface area contributed by atoms with Crippen LogP contribution in [0.25, 0.3) is 5.70 Å². The third kappa shape index (κ3) is 3.35. The molecule has 5 rings (SSSR count). The second kappa shape index (κ2) is 8.02. The lowest BCUT2D eigenvalue weighted by atomic mass is 9.72. The highest BCUT2D eigenvalue weighted by Crippen LogP contribution is 2.46. The van der Waals surface area contributed by atoms with Crippen LogP contribution in [0.2, 0.25) is 0 Å². The van der Waals surface area contributed by atoms with Gasteiger partial charge in [0.25, 0.3) is 0 Å². The van der Waals surface area contributed by atoms with Gasteiger partial charge < -0.3 is 20.6 Å². The highest BCUT2D eigenvalue weighted by atomic mass is 32.2. The Morgan fingerprint density at radius 1 is 1.09 bits per heavy atom. The zero-order valence-electron chi connectivity index (χ0n) is 18.3. The van der Waals surface area contributed by atoms with Crippen LogP contribution in [0.1, 0.15) is 30.4 Å². The first-order valence-electron chi connectivity index (χ1n) is 10.8. The Kier molecular flexibility index (Phi) is 5.18. The van der Waals surface area contributed by atoms with Crippen molar-refractivity contribution in [2.75, 3.05) is 18.2 Å². The molecule has 1 atom stereocenters. The molecule has 1 amide bonds. The number of hydrogen-bond acceptors (Lipinski definition) is 3. The first-order valence-corrected chi connectivity index (χ1v) is 12.5. The maximum absolute atomic E-state index is 11.4. The monoisotopic (exact) mass is 445 g/mol. The summed E-state index contributed by atoms with van der Waals surface area (Å²) in [6.45, 7) is 0. The lowest BCUT2D eigenvalue weighted by Crippen LogP contribution is -2.50. The lowest BCUT2D eigenvalue weighted by molar-refractivity contribution is 0.144. The number of nitrogens with zero attached hydrogens (tertiary/aromatic N) is 1. The van der Waals surface area contributed by atoms with E-state index in [1.54, 1.807) is 0 Å². The summed E-state index contributed by atoms with van der Waals surface area (Å²) in [6, 6.07) is 18.8. The van der Waals surface area contributed by atoms with Crippen molar-refractivity contribution in [2.45, 2.75) is 24.8 Å². The third-order valence-electron chi connectivity index (χ3n) is 6.59. The number of carbonyl (C=O) groups is 1. The van der Waals surface area contributed by atoms with Crippen molar-refractivity contribution in [1.82, 2.24) is 10.6 Å². The van der Waals surface area contributed by atoms with E-state index < -0.39 is 11.6 Å². The van der Waals surface area contributed by atoms with Gasteiger partial charge in [0.1, 0.15) is 0 Å². The Morgan fingerprint density at radius 2 is 1.81 bits per heavy atom. The molecule has 0 spiro atoms. The maximum Gasteiger partial charge on any atom is 0.405 e. The van der Waals surface area contributed by atoms with E-state index in [9.17, 15) is 9.90 Å². The standard InChI is InChI=1S/C26H27N3O2S/c1-27-23-21-13-16-32(2)22(21)17-29(24(23)18-7-4-3-5-8-18)20-11-9-19(10-12-20)26(14-6-15-26)28-25(30)31/h3-5,7-13,16-17,27-28H,6,14-15H2,1-2H3,(H,30,31). The molecular formula is C26H27N3O2S. The van der Waals surface area contributed by atoms with Gasteiger partial charge in [0.2, 0.25) is 0 Å². The summed E-state index contributed by atoms with van der Waals surface area (Å²) in [6.07, 6.45) is 8.48. The molecule has 164 valence electrons. The normalized spacial score (nSPS) is 21.1. The molecule has 0 aromatic heterocycles. The molecule has 5 nitrogen and oxygen atoms in total. The van der Waals surface area contributed by atoms with Crippen molar-refractivity contribution < 1.29 is 9.90 Å². The van der Waals surface area contributed by atoms with E-state index in [1.165, 1.54) is 10.5 Å². The van der Waals surface area contributed by atoms with Crippen molar-refractivity contribution in [2.24, 2.45) is 0 Å². The number of allylic oxidation sites excluding steroid dienone is 2. The molecule has 2 aromatic carbocycles. The van der Waals surface area contributed by atoms with Crippen molar-refractivity contribution >= 4 is 33.3 Å². The van der Waals surface area contributed by atoms with Crippen LogP contribution in [0.4, 0.5) is 10.5 Å². The molecule has 0 saturated heterocycles. The van der Waals surface area contributed by atoms with Gasteiger partial charge in [-0.15, -0.1) is 0 Å². The molecule has 2 aliphatic heterocycles. The van der Waals surface area contributed by atoms with Gasteiger partial charge in [-0.3, -0.25) is 0 Å². The van der Waals surface area contributed by atoms with Crippen LogP contribution in [0.15, 0.2) is 83.0 Å². The summed E-state index contributed by atoms with van der Waals surface area (Å²) >= 11 is 0. The summed E-state index contributed by atoms with van der Waals surface area (Å²) in [5.41, 5.74) is 6.26. The first-order chi connectivity index (χ1) is 15.5. The quantitative estimate of drug-likeness (QED) is 0.552. The Bertz CT molecular complexity index is 1190. The molecule has 1 saturated carbocycles. The molecule has 1 unspecified atom stereocenters. The number of rotatable bonds is 5.